The lowest BCUT2D eigenvalue weighted by Gasteiger charge is -2.31. The van der Waals surface area contributed by atoms with E-state index in [1.807, 2.05) is 24.3 Å². The maximum atomic E-state index is 6.11. The molecule has 0 amide bonds. The van der Waals surface area contributed by atoms with Crippen LogP contribution < -0.4 is 5.32 Å². The summed E-state index contributed by atoms with van der Waals surface area (Å²) >= 11 is 6.11. The van der Waals surface area contributed by atoms with E-state index in [1.165, 1.54) is 25.9 Å². The maximum Gasteiger partial charge on any atom is 0.0637 e. The SMILES string of the molecule is COCC1CCN(CCNc2ccccc2Cl)CC1. The monoisotopic (exact) mass is 282 g/mol. The Morgan fingerprint density at radius 1 is 1.32 bits per heavy atom. The zero-order chi connectivity index (χ0) is 13.5. The fourth-order valence-corrected chi connectivity index (χ4v) is 2.77. The van der Waals surface area contributed by atoms with Crippen LogP contribution in [-0.2, 0) is 4.74 Å². The zero-order valence-corrected chi connectivity index (χ0v) is 12.3. The van der Waals surface area contributed by atoms with Gasteiger partial charge in [0.2, 0.25) is 0 Å². The number of rotatable bonds is 6. The summed E-state index contributed by atoms with van der Waals surface area (Å²) in [6.45, 7) is 5.28. The van der Waals surface area contributed by atoms with Crippen molar-refractivity contribution in [3.05, 3.63) is 29.3 Å². The van der Waals surface area contributed by atoms with Crippen LogP contribution in [0.3, 0.4) is 0 Å². The van der Waals surface area contributed by atoms with Crippen LogP contribution in [0.2, 0.25) is 5.02 Å². The number of hydrogen-bond donors (Lipinski definition) is 1. The molecule has 0 saturated carbocycles. The van der Waals surface area contributed by atoms with E-state index in [-0.39, 0.29) is 0 Å². The molecule has 1 aliphatic heterocycles. The summed E-state index contributed by atoms with van der Waals surface area (Å²) < 4.78 is 5.22. The number of benzene rings is 1. The van der Waals surface area contributed by atoms with E-state index < -0.39 is 0 Å². The number of nitrogens with zero attached hydrogens (tertiary/aromatic N) is 1. The fraction of sp³-hybridized carbons (Fsp3) is 0.600. The third kappa shape index (κ3) is 4.68. The van der Waals surface area contributed by atoms with Gasteiger partial charge in [-0.2, -0.15) is 0 Å². The highest BCUT2D eigenvalue weighted by Gasteiger charge is 2.18. The minimum absolute atomic E-state index is 0.748. The summed E-state index contributed by atoms with van der Waals surface area (Å²) in [4.78, 5) is 2.51. The van der Waals surface area contributed by atoms with Crippen LogP contribution in [-0.4, -0.2) is 44.8 Å². The van der Waals surface area contributed by atoms with Gasteiger partial charge < -0.3 is 15.0 Å². The van der Waals surface area contributed by atoms with Crippen molar-refractivity contribution in [2.75, 3.05) is 45.2 Å². The van der Waals surface area contributed by atoms with Crippen LogP contribution in [0.5, 0.6) is 0 Å². The predicted molar refractivity (Wildman–Crippen MR) is 81.0 cm³/mol. The molecule has 0 aliphatic carbocycles. The second kappa shape index (κ2) is 7.73. The zero-order valence-electron chi connectivity index (χ0n) is 11.6. The fourth-order valence-electron chi connectivity index (χ4n) is 2.57. The third-order valence-corrected chi connectivity index (χ3v) is 4.06. The molecule has 0 bridgehead atoms. The van der Waals surface area contributed by atoms with Crippen LogP contribution in [0.4, 0.5) is 5.69 Å². The number of piperidine rings is 1. The highest BCUT2D eigenvalue weighted by molar-refractivity contribution is 6.33. The molecule has 1 saturated heterocycles. The number of methoxy groups -OCH3 is 1. The van der Waals surface area contributed by atoms with Crippen molar-refractivity contribution in [1.82, 2.24) is 4.90 Å². The first-order chi connectivity index (χ1) is 9.29. The van der Waals surface area contributed by atoms with Crippen LogP contribution in [0, 0.1) is 5.92 Å². The largest absolute Gasteiger partial charge is 0.384 e. The van der Waals surface area contributed by atoms with Crippen molar-refractivity contribution in [3.8, 4) is 0 Å². The lowest BCUT2D eigenvalue weighted by atomic mass is 9.98. The normalized spacial score (nSPS) is 17.6. The third-order valence-electron chi connectivity index (χ3n) is 3.73. The Bertz CT molecular complexity index is 378. The molecule has 1 aromatic carbocycles. The smallest absolute Gasteiger partial charge is 0.0637 e. The van der Waals surface area contributed by atoms with Crippen LogP contribution in [0.1, 0.15) is 12.8 Å². The van der Waals surface area contributed by atoms with Crippen molar-refractivity contribution in [2.45, 2.75) is 12.8 Å². The summed E-state index contributed by atoms with van der Waals surface area (Å²) in [5.41, 5.74) is 1.03. The van der Waals surface area contributed by atoms with Gasteiger partial charge >= 0.3 is 0 Å². The Kier molecular flexibility index (Phi) is 5.95. The van der Waals surface area contributed by atoms with Gasteiger partial charge in [0, 0.05) is 26.8 Å². The molecule has 1 N–H and O–H groups in total. The highest BCUT2D eigenvalue weighted by atomic mass is 35.5. The number of ether oxygens (including phenoxy) is 1. The lowest BCUT2D eigenvalue weighted by Crippen LogP contribution is -2.37. The quantitative estimate of drug-likeness (QED) is 0.868. The first-order valence-electron chi connectivity index (χ1n) is 6.99. The van der Waals surface area contributed by atoms with Crippen LogP contribution in [0.25, 0.3) is 0 Å². The van der Waals surface area contributed by atoms with Gasteiger partial charge in [-0.25, -0.2) is 0 Å². The summed E-state index contributed by atoms with van der Waals surface area (Å²) in [5, 5.41) is 4.19. The summed E-state index contributed by atoms with van der Waals surface area (Å²) in [5.74, 6) is 0.748. The number of nitrogens with one attached hydrogen (secondary N) is 1. The minimum Gasteiger partial charge on any atom is -0.384 e. The molecule has 19 heavy (non-hydrogen) atoms. The molecule has 0 unspecified atom stereocenters. The van der Waals surface area contributed by atoms with Gasteiger partial charge in [0.1, 0.15) is 0 Å². The van der Waals surface area contributed by atoms with Crippen molar-refractivity contribution < 1.29 is 4.74 Å². The molecule has 106 valence electrons. The molecule has 1 fully saturated rings. The average Bonchev–Trinajstić information content (AvgIpc) is 2.43. The van der Waals surface area contributed by atoms with E-state index in [9.17, 15) is 0 Å². The minimum atomic E-state index is 0.748. The molecule has 2 rings (SSSR count). The summed E-state index contributed by atoms with van der Waals surface area (Å²) in [6, 6.07) is 7.89. The van der Waals surface area contributed by atoms with Crippen molar-refractivity contribution in [3.63, 3.8) is 0 Å². The summed E-state index contributed by atoms with van der Waals surface area (Å²) in [6.07, 6.45) is 2.50. The van der Waals surface area contributed by atoms with Crippen molar-refractivity contribution in [2.24, 2.45) is 5.92 Å². The molecule has 0 radical (unpaired) electrons. The predicted octanol–water partition coefficient (Wildman–Crippen LogP) is 3.11. The summed E-state index contributed by atoms with van der Waals surface area (Å²) in [7, 11) is 1.79. The second-order valence-corrected chi connectivity index (χ2v) is 5.55. The van der Waals surface area contributed by atoms with Gasteiger partial charge in [0.05, 0.1) is 10.7 Å². The molecular formula is C15H23ClN2O. The van der Waals surface area contributed by atoms with Crippen LogP contribution >= 0.6 is 11.6 Å². The van der Waals surface area contributed by atoms with E-state index >= 15 is 0 Å². The molecule has 0 atom stereocenters. The van der Waals surface area contributed by atoms with E-state index in [2.05, 4.69) is 10.2 Å². The standard InChI is InChI=1S/C15H23ClN2O/c1-19-12-13-6-9-18(10-7-13)11-8-17-15-5-3-2-4-14(15)16/h2-5,13,17H,6-12H2,1H3. The number of para-hydroxylation sites is 1. The second-order valence-electron chi connectivity index (χ2n) is 5.15. The van der Waals surface area contributed by atoms with E-state index in [0.717, 1.165) is 36.3 Å². The molecule has 0 spiro atoms. The Balaban J connectivity index is 1.66. The molecule has 1 aliphatic rings. The number of likely N-dealkylation sites (tertiary alicyclic amines) is 1. The first-order valence-corrected chi connectivity index (χ1v) is 7.37. The first kappa shape index (κ1) is 14.6. The van der Waals surface area contributed by atoms with Crippen molar-refractivity contribution in [1.29, 1.82) is 0 Å². The Labute approximate surface area is 120 Å². The molecular weight excluding hydrogens is 260 g/mol. The van der Waals surface area contributed by atoms with Gasteiger partial charge in [-0.15, -0.1) is 0 Å². The van der Waals surface area contributed by atoms with Gasteiger partial charge in [-0.05, 0) is 44.0 Å². The van der Waals surface area contributed by atoms with Gasteiger partial charge in [0.15, 0.2) is 0 Å². The average molecular weight is 283 g/mol. The van der Waals surface area contributed by atoms with E-state index in [1.54, 1.807) is 7.11 Å². The highest BCUT2D eigenvalue weighted by Crippen LogP contribution is 2.20. The van der Waals surface area contributed by atoms with Crippen molar-refractivity contribution >= 4 is 17.3 Å². The molecule has 1 heterocycles. The van der Waals surface area contributed by atoms with E-state index in [4.69, 9.17) is 16.3 Å². The Hall–Kier alpha value is -0.770. The molecule has 1 aromatic rings. The number of halogens is 1. The molecule has 0 aromatic heterocycles. The van der Waals surface area contributed by atoms with Gasteiger partial charge in [-0.3, -0.25) is 0 Å². The Morgan fingerprint density at radius 3 is 2.74 bits per heavy atom. The van der Waals surface area contributed by atoms with Crippen LogP contribution in [0.15, 0.2) is 24.3 Å². The van der Waals surface area contributed by atoms with E-state index in [0.29, 0.717) is 0 Å². The number of anilines is 1. The molecule has 3 nitrogen and oxygen atoms in total. The van der Waals surface area contributed by atoms with Gasteiger partial charge in [0.25, 0.3) is 0 Å². The number of hydrogen-bond acceptors (Lipinski definition) is 3. The van der Waals surface area contributed by atoms with Gasteiger partial charge in [-0.1, -0.05) is 23.7 Å². The lowest BCUT2D eigenvalue weighted by molar-refractivity contribution is 0.101. The maximum absolute atomic E-state index is 6.11. The Morgan fingerprint density at radius 2 is 2.05 bits per heavy atom. The topological polar surface area (TPSA) is 24.5 Å². The molecule has 4 heteroatoms.